The summed E-state index contributed by atoms with van der Waals surface area (Å²) < 4.78 is 6.72. The number of pyridine rings is 1. The van der Waals surface area contributed by atoms with Crippen LogP contribution in [-0.2, 0) is 6.54 Å². The van der Waals surface area contributed by atoms with E-state index in [-0.39, 0.29) is 17.9 Å². The Morgan fingerprint density at radius 2 is 2.19 bits per heavy atom. The van der Waals surface area contributed by atoms with Gasteiger partial charge in [0.15, 0.2) is 0 Å². The van der Waals surface area contributed by atoms with Crippen LogP contribution in [0.25, 0.3) is 5.82 Å². The molecule has 0 fully saturated rings. The number of aromatic nitrogens is 3. The molecule has 27 heavy (non-hydrogen) atoms. The van der Waals surface area contributed by atoms with Crippen molar-refractivity contribution in [3.8, 4) is 11.6 Å². The first kappa shape index (κ1) is 17.9. The number of rotatable bonds is 6. The second-order valence-electron chi connectivity index (χ2n) is 5.44. The number of carbonyl (C=O) groups excluding carboxylic acids is 1. The Bertz CT molecular complexity index is 941. The molecule has 2 N–H and O–H groups in total. The van der Waals surface area contributed by atoms with E-state index >= 15 is 0 Å². The first-order valence-corrected chi connectivity index (χ1v) is 7.87. The summed E-state index contributed by atoms with van der Waals surface area (Å²) in [5, 5.41) is 16.2. The third-order valence-corrected chi connectivity index (χ3v) is 3.68. The van der Waals surface area contributed by atoms with Crippen molar-refractivity contribution in [1.29, 1.82) is 0 Å². The van der Waals surface area contributed by atoms with Gasteiger partial charge in [-0.2, -0.15) is 0 Å². The molecule has 0 aliphatic rings. The average molecular weight is 368 g/mol. The number of hydrogen-bond acceptors (Lipinski definition) is 6. The number of benzene rings is 1. The number of carbonyl (C=O) groups is 1. The zero-order valence-electron chi connectivity index (χ0n) is 14.3. The Morgan fingerprint density at radius 3 is 2.81 bits per heavy atom. The Labute approximate surface area is 154 Å². The van der Waals surface area contributed by atoms with Crippen LogP contribution in [0.4, 0.5) is 16.2 Å². The quantitative estimate of drug-likeness (QED) is 0.509. The summed E-state index contributed by atoms with van der Waals surface area (Å²) in [6, 6.07) is 7.24. The first-order valence-electron chi connectivity index (χ1n) is 7.87. The summed E-state index contributed by atoms with van der Waals surface area (Å²) in [6.07, 6.45) is 6.69. The fraction of sp³-hybridized carbons (Fsp3) is 0.118. The number of imidazole rings is 1. The molecule has 138 valence electrons. The van der Waals surface area contributed by atoms with Crippen molar-refractivity contribution >= 4 is 17.4 Å². The molecule has 0 unspecified atom stereocenters. The van der Waals surface area contributed by atoms with Gasteiger partial charge >= 0.3 is 6.03 Å². The lowest BCUT2D eigenvalue weighted by Gasteiger charge is -2.09. The van der Waals surface area contributed by atoms with Crippen LogP contribution < -0.4 is 15.4 Å². The van der Waals surface area contributed by atoms with E-state index in [4.69, 9.17) is 4.74 Å². The lowest BCUT2D eigenvalue weighted by molar-refractivity contribution is -0.384. The van der Waals surface area contributed by atoms with Crippen LogP contribution >= 0.6 is 0 Å². The van der Waals surface area contributed by atoms with E-state index in [9.17, 15) is 14.9 Å². The molecule has 0 bridgehead atoms. The molecule has 2 amide bonds. The molecule has 0 aliphatic carbocycles. The number of nitrogens with one attached hydrogen (secondary N) is 2. The van der Waals surface area contributed by atoms with E-state index in [2.05, 4.69) is 20.6 Å². The van der Waals surface area contributed by atoms with Gasteiger partial charge in [-0.05, 0) is 23.8 Å². The van der Waals surface area contributed by atoms with Gasteiger partial charge in [0.25, 0.3) is 5.69 Å². The van der Waals surface area contributed by atoms with Crippen molar-refractivity contribution < 1.29 is 14.5 Å². The minimum Gasteiger partial charge on any atom is -0.496 e. The van der Waals surface area contributed by atoms with E-state index in [1.165, 1.54) is 25.3 Å². The van der Waals surface area contributed by atoms with Crippen molar-refractivity contribution in [2.75, 3.05) is 12.4 Å². The van der Waals surface area contributed by atoms with E-state index < -0.39 is 11.0 Å². The van der Waals surface area contributed by atoms with E-state index in [0.717, 1.165) is 5.56 Å². The first-order chi connectivity index (χ1) is 13.1. The van der Waals surface area contributed by atoms with Gasteiger partial charge in [0.05, 0.1) is 18.1 Å². The summed E-state index contributed by atoms with van der Waals surface area (Å²) in [7, 11) is 1.41. The molecule has 3 rings (SSSR count). The second-order valence-corrected chi connectivity index (χ2v) is 5.44. The summed E-state index contributed by atoms with van der Waals surface area (Å²) >= 11 is 0. The molecule has 2 heterocycles. The molecular formula is C17H16N6O4. The summed E-state index contributed by atoms with van der Waals surface area (Å²) in [4.78, 5) is 30.9. The van der Waals surface area contributed by atoms with Gasteiger partial charge in [0.2, 0.25) is 0 Å². The second kappa shape index (κ2) is 7.95. The van der Waals surface area contributed by atoms with Crippen molar-refractivity contribution in [1.82, 2.24) is 19.9 Å². The topological polar surface area (TPSA) is 124 Å². The maximum Gasteiger partial charge on any atom is 0.319 e. The molecule has 2 aromatic heterocycles. The number of anilines is 1. The van der Waals surface area contributed by atoms with E-state index in [1.807, 2.05) is 6.07 Å². The highest BCUT2D eigenvalue weighted by atomic mass is 16.6. The highest BCUT2D eigenvalue weighted by molar-refractivity contribution is 5.91. The predicted molar refractivity (Wildman–Crippen MR) is 96.9 cm³/mol. The van der Waals surface area contributed by atoms with Gasteiger partial charge in [-0.15, -0.1) is 0 Å². The maximum atomic E-state index is 12.1. The maximum absolute atomic E-state index is 12.1. The molecule has 3 aromatic rings. The standard InChI is InChI=1S/C17H16N6O4/c1-27-13-3-4-14(15(8-13)23(25)26)21-17(24)20-10-12-2-5-16(19-9-12)22-7-6-18-11-22/h2-9,11H,10H2,1H3,(H2,20,21,24). The van der Waals surface area contributed by atoms with E-state index in [0.29, 0.717) is 11.6 Å². The molecule has 0 atom stereocenters. The third kappa shape index (κ3) is 4.37. The van der Waals surface area contributed by atoms with Crippen LogP contribution in [0, 0.1) is 10.1 Å². The van der Waals surface area contributed by atoms with Crippen LogP contribution in [-0.4, -0.2) is 32.6 Å². The molecule has 0 radical (unpaired) electrons. The number of methoxy groups -OCH3 is 1. The van der Waals surface area contributed by atoms with Gasteiger partial charge in [0, 0.05) is 25.1 Å². The fourth-order valence-electron chi connectivity index (χ4n) is 2.31. The van der Waals surface area contributed by atoms with Crippen molar-refractivity contribution in [3.63, 3.8) is 0 Å². The molecule has 10 nitrogen and oxygen atoms in total. The van der Waals surface area contributed by atoms with Gasteiger partial charge in [-0.25, -0.2) is 14.8 Å². The van der Waals surface area contributed by atoms with Crippen molar-refractivity contribution in [2.45, 2.75) is 6.54 Å². The highest BCUT2D eigenvalue weighted by Gasteiger charge is 2.17. The van der Waals surface area contributed by atoms with Gasteiger partial charge in [-0.1, -0.05) is 6.07 Å². The molecule has 0 spiro atoms. The number of hydrogen-bond donors (Lipinski definition) is 2. The Morgan fingerprint density at radius 1 is 1.33 bits per heavy atom. The summed E-state index contributed by atoms with van der Waals surface area (Å²) in [6.45, 7) is 0.215. The number of nitrogens with zero attached hydrogens (tertiary/aromatic N) is 4. The van der Waals surface area contributed by atoms with Crippen LogP contribution in [0.1, 0.15) is 5.56 Å². The zero-order chi connectivity index (χ0) is 19.2. The van der Waals surface area contributed by atoms with Crippen LogP contribution in [0.5, 0.6) is 5.75 Å². The Kier molecular flexibility index (Phi) is 5.26. The van der Waals surface area contributed by atoms with Gasteiger partial charge in [0.1, 0.15) is 23.6 Å². The lowest BCUT2D eigenvalue weighted by Crippen LogP contribution is -2.28. The van der Waals surface area contributed by atoms with Crippen LogP contribution in [0.15, 0.2) is 55.2 Å². The van der Waals surface area contributed by atoms with Crippen molar-refractivity contribution in [2.24, 2.45) is 0 Å². The molecule has 1 aromatic carbocycles. The Hall–Kier alpha value is -3.95. The molecule has 0 saturated carbocycles. The number of nitro benzene ring substituents is 1. The highest BCUT2D eigenvalue weighted by Crippen LogP contribution is 2.28. The normalized spacial score (nSPS) is 10.3. The van der Waals surface area contributed by atoms with Crippen LogP contribution in [0.3, 0.4) is 0 Å². The number of amides is 2. The number of urea groups is 1. The van der Waals surface area contributed by atoms with Crippen molar-refractivity contribution in [3.05, 3.63) is 70.9 Å². The summed E-state index contributed by atoms with van der Waals surface area (Å²) in [5.41, 5.74) is 0.598. The average Bonchev–Trinajstić information content (AvgIpc) is 3.21. The minimum atomic E-state index is -0.586. The predicted octanol–water partition coefficient (Wildman–Crippen LogP) is 2.51. The lowest BCUT2D eigenvalue weighted by atomic mass is 10.2. The summed E-state index contributed by atoms with van der Waals surface area (Å²) in [5.74, 6) is 1.03. The zero-order valence-corrected chi connectivity index (χ0v) is 14.3. The fourth-order valence-corrected chi connectivity index (χ4v) is 2.31. The van der Waals surface area contributed by atoms with Crippen LogP contribution in [0.2, 0.25) is 0 Å². The number of nitro groups is 1. The van der Waals surface area contributed by atoms with Gasteiger partial charge < -0.3 is 15.4 Å². The minimum absolute atomic E-state index is 0.0758. The molecule has 10 heteroatoms. The molecular weight excluding hydrogens is 352 g/mol. The monoisotopic (exact) mass is 368 g/mol. The van der Waals surface area contributed by atoms with Gasteiger partial charge in [-0.3, -0.25) is 14.7 Å². The smallest absolute Gasteiger partial charge is 0.319 e. The Balaban J connectivity index is 1.61. The number of ether oxygens (including phenoxy) is 1. The third-order valence-electron chi connectivity index (χ3n) is 3.68. The SMILES string of the molecule is COc1ccc(NC(=O)NCc2ccc(-n3ccnc3)nc2)c([N+](=O)[O-])c1. The van der Waals surface area contributed by atoms with E-state index in [1.54, 1.807) is 35.6 Å². The largest absolute Gasteiger partial charge is 0.496 e. The molecule has 0 aliphatic heterocycles. The molecule has 0 saturated heterocycles.